The molecule has 0 N–H and O–H groups in total. The van der Waals surface area contributed by atoms with Gasteiger partial charge in [-0.3, -0.25) is 4.79 Å². The van der Waals surface area contributed by atoms with Crippen LogP contribution in [0.25, 0.3) is 5.82 Å². The van der Waals surface area contributed by atoms with Gasteiger partial charge in [0.25, 0.3) is 0 Å². The van der Waals surface area contributed by atoms with Crippen LogP contribution in [0.1, 0.15) is 22.9 Å². The lowest BCUT2D eigenvalue weighted by molar-refractivity contribution is -0.114. The standard InChI is InChI=1S/C19H11Cl2F3N4O2S/c1-9-5-10(20)6-11-14(8-29)30-18(26-16(9)11)13-7-15(31-19(22,23)24)27-28(13)17-12(21)3-2-4-25-17/h2-8,14H,1H3. The van der Waals surface area contributed by atoms with Crippen molar-refractivity contribution in [2.75, 3.05) is 0 Å². The Bertz CT molecular complexity index is 1210. The summed E-state index contributed by atoms with van der Waals surface area (Å²) in [5.41, 5.74) is -2.95. The molecule has 1 aliphatic heterocycles. The number of rotatable bonds is 4. The van der Waals surface area contributed by atoms with Crippen LogP contribution in [0, 0.1) is 6.92 Å². The maximum absolute atomic E-state index is 13.0. The van der Waals surface area contributed by atoms with Gasteiger partial charge in [-0.15, -0.1) is 0 Å². The normalized spacial score (nSPS) is 15.8. The van der Waals surface area contributed by atoms with Crippen LogP contribution in [0.2, 0.25) is 10.0 Å². The molecule has 1 aliphatic rings. The second-order valence-electron chi connectivity index (χ2n) is 6.39. The number of aliphatic imine (C=N–C) groups is 1. The zero-order valence-corrected chi connectivity index (χ0v) is 17.9. The van der Waals surface area contributed by atoms with Gasteiger partial charge in [0.1, 0.15) is 10.7 Å². The van der Waals surface area contributed by atoms with Crippen molar-refractivity contribution < 1.29 is 22.7 Å². The number of hydrogen-bond acceptors (Lipinski definition) is 6. The number of benzene rings is 1. The average molecular weight is 487 g/mol. The molecule has 0 bridgehead atoms. The van der Waals surface area contributed by atoms with E-state index in [1.165, 1.54) is 12.3 Å². The first-order chi connectivity index (χ1) is 14.7. The zero-order chi connectivity index (χ0) is 22.3. The van der Waals surface area contributed by atoms with Gasteiger partial charge in [-0.25, -0.2) is 14.7 Å². The number of aryl methyl sites for hydroxylation is 1. The van der Waals surface area contributed by atoms with E-state index in [2.05, 4.69) is 15.1 Å². The molecule has 0 radical (unpaired) electrons. The molecule has 2 aromatic heterocycles. The van der Waals surface area contributed by atoms with Gasteiger partial charge in [-0.05, 0) is 36.8 Å². The van der Waals surface area contributed by atoms with Crippen molar-refractivity contribution in [3.63, 3.8) is 0 Å². The van der Waals surface area contributed by atoms with Crippen LogP contribution < -0.4 is 0 Å². The smallest absolute Gasteiger partial charge is 0.447 e. The zero-order valence-electron chi connectivity index (χ0n) is 15.5. The molecule has 31 heavy (non-hydrogen) atoms. The van der Waals surface area contributed by atoms with Crippen LogP contribution in [-0.4, -0.2) is 32.5 Å². The maximum atomic E-state index is 13.0. The second kappa shape index (κ2) is 8.18. The first kappa shape index (κ1) is 21.7. The molecule has 1 aromatic carbocycles. The fourth-order valence-corrected chi connectivity index (χ4v) is 4.05. The number of thioether (sulfide) groups is 1. The quantitative estimate of drug-likeness (QED) is 0.342. The number of nitrogens with zero attached hydrogens (tertiary/aromatic N) is 4. The Labute approximate surface area is 188 Å². The van der Waals surface area contributed by atoms with Crippen molar-refractivity contribution >= 4 is 52.8 Å². The van der Waals surface area contributed by atoms with E-state index in [-0.39, 0.29) is 27.5 Å². The number of ether oxygens (including phenoxy) is 1. The summed E-state index contributed by atoms with van der Waals surface area (Å²) in [6, 6.07) is 7.46. The molecular formula is C19H11Cl2F3N4O2S. The lowest BCUT2D eigenvalue weighted by Crippen LogP contribution is -2.21. The number of halogens is 5. The molecule has 1 unspecified atom stereocenters. The van der Waals surface area contributed by atoms with Crippen LogP contribution in [0.3, 0.4) is 0 Å². The largest absolute Gasteiger partial charge is 0.460 e. The van der Waals surface area contributed by atoms with Crippen LogP contribution in [0.5, 0.6) is 0 Å². The van der Waals surface area contributed by atoms with E-state index in [1.807, 2.05) is 0 Å². The molecular weight excluding hydrogens is 476 g/mol. The Kier molecular flexibility index (Phi) is 5.71. The summed E-state index contributed by atoms with van der Waals surface area (Å²) in [4.78, 5) is 20.2. The highest BCUT2D eigenvalue weighted by Gasteiger charge is 2.34. The third-order valence-corrected chi connectivity index (χ3v) is 5.40. The fourth-order valence-electron chi connectivity index (χ4n) is 3.04. The lowest BCUT2D eigenvalue weighted by Gasteiger charge is -2.24. The van der Waals surface area contributed by atoms with Gasteiger partial charge in [0.05, 0.1) is 10.7 Å². The minimum absolute atomic E-state index is 0.0548. The van der Waals surface area contributed by atoms with Crippen LogP contribution >= 0.6 is 35.0 Å². The first-order valence-corrected chi connectivity index (χ1v) is 10.2. The lowest BCUT2D eigenvalue weighted by atomic mass is 10.0. The number of aromatic nitrogens is 3. The molecule has 1 atom stereocenters. The van der Waals surface area contributed by atoms with Gasteiger partial charge >= 0.3 is 5.51 Å². The summed E-state index contributed by atoms with van der Waals surface area (Å²) in [7, 11) is 0. The third-order valence-electron chi connectivity index (χ3n) is 4.24. The highest BCUT2D eigenvalue weighted by atomic mass is 35.5. The van der Waals surface area contributed by atoms with E-state index < -0.39 is 23.4 Å². The fraction of sp³-hybridized carbons (Fsp3) is 0.158. The van der Waals surface area contributed by atoms with Gasteiger partial charge < -0.3 is 4.74 Å². The Morgan fingerprint density at radius 3 is 2.71 bits per heavy atom. The summed E-state index contributed by atoms with van der Waals surface area (Å²) >= 11 is 11.9. The minimum Gasteiger partial charge on any atom is -0.460 e. The summed E-state index contributed by atoms with van der Waals surface area (Å²) in [5, 5.41) is 4.18. The van der Waals surface area contributed by atoms with Crippen LogP contribution in [0.15, 0.2) is 46.5 Å². The number of aldehydes is 1. The van der Waals surface area contributed by atoms with Crippen molar-refractivity contribution in [2.45, 2.75) is 23.6 Å². The molecule has 3 heterocycles. The molecule has 0 saturated heterocycles. The number of carbonyl (C=O) groups is 1. The SMILES string of the molecule is Cc1cc(Cl)cc2c1N=C(c1cc(SC(F)(F)F)nn1-c1ncccc1Cl)OC2C=O. The highest BCUT2D eigenvalue weighted by molar-refractivity contribution is 8.00. The van der Waals surface area contributed by atoms with Crippen molar-refractivity contribution in [1.29, 1.82) is 0 Å². The second-order valence-corrected chi connectivity index (χ2v) is 8.32. The molecule has 6 nitrogen and oxygen atoms in total. The van der Waals surface area contributed by atoms with Gasteiger partial charge in [0.15, 0.2) is 18.2 Å². The Hall–Kier alpha value is -2.56. The summed E-state index contributed by atoms with van der Waals surface area (Å²) in [5.74, 6) is -0.0148. The van der Waals surface area contributed by atoms with Gasteiger partial charge in [-0.2, -0.15) is 18.3 Å². The highest BCUT2D eigenvalue weighted by Crippen LogP contribution is 2.40. The summed E-state index contributed by atoms with van der Waals surface area (Å²) < 4.78 is 45.7. The summed E-state index contributed by atoms with van der Waals surface area (Å²) in [6.07, 6.45) is 0.923. The number of pyridine rings is 1. The van der Waals surface area contributed by atoms with Crippen LogP contribution in [0.4, 0.5) is 18.9 Å². The third kappa shape index (κ3) is 4.41. The molecule has 0 saturated carbocycles. The van der Waals surface area contributed by atoms with E-state index in [1.54, 1.807) is 25.1 Å². The topological polar surface area (TPSA) is 69.4 Å². The molecule has 0 aliphatic carbocycles. The van der Waals surface area contributed by atoms with Crippen LogP contribution in [-0.2, 0) is 9.53 Å². The molecule has 0 fully saturated rings. The number of fused-ring (bicyclic) bond motifs is 1. The van der Waals surface area contributed by atoms with Gasteiger partial charge in [0.2, 0.25) is 5.90 Å². The molecule has 0 spiro atoms. The molecule has 160 valence electrons. The van der Waals surface area contributed by atoms with Crippen molar-refractivity contribution in [1.82, 2.24) is 14.8 Å². The van der Waals surface area contributed by atoms with Crippen molar-refractivity contribution in [2.24, 2.45) is 4.99 Å². The molecule has 0 amide bonds. The monoisotopic (exact) mass is 486 g/mol. The Morgan fingerprint density at radius 1 is 1.26 bits per heavy atom. The number of hydrogen-bond donors (Lipinski definition) is 0. The molecule has 3 aromatic rings. The van der Waals surface area contributed by atoms with E-state index in [9.17, 15) is 18.0 Å². The predicted octanol–water partition coefficient (Wildman–Crippen LogP) is 5.84. The van der Waals surface area contributed by atoms with Gasteiger partial charge in [0, 0.05) is 34.6 Å². The van der Waals surface area contributed by atoms with E-state index in [0.717, 1.165) is 10.7 Å². The van der Waals surface area contributed by atoms with E-state index >= 15 is 0 Å². The first-order valence-electron chi connectivity index (χ1n) is 8.64. The number of alkyl halides is 3. The minimum atomic E-state index is -4.56. The van der Waals surface area contributed by atoms with E-state index in [4.69, 9.17) is 27.9 Å². The predicted molar refractivity (Wildman–Crippen MR) is 111 cm³/mol. The Morgan fingerprint density at radius 2 is 2.03 bits per heavy atom. The molecule has 4 rings (SSSR count). The van der Waals surface area contributed by atoms with E-state index in [0.29, 0.717) is 28.1 Å². The maximum Gasteiger partial charge on any atom is 0.447 e. The Balaban J connectivity index is 1.91. The molecule has 12 heteroatoms. The van der Waals surface area contributed by atoms with Crippen molar-refractivity contribution in [3.8, 4) is 5.82 Å². The summed E-state index contributed by atoms with van der Waals surface area (Å²) in [6.45, 7) is 1.75. The van der Waals surface area contributed by atoms with Gasteiger partial charge in [-0.1, -0.05) is 23.2 Å². The van der Waals surface area contributed by atoms with Crippen molar-refractivity contribution in [3.05, 3.63) is 63.4 Å². The average Bonchev–Trinajstić information content (AvgIpc) is 3.09. The number of carbonyl (C=O) groups excluding carboxylic acids is 1.